The second-order valence-corrected chi connectivity index (χ2v) is 6.77. The number of likely N-dealkylation sites (tertiary alicyclic amines) is 1. The minimum absolute atomic E-state index is 0.00207. The van der Waals surface area contributed by atoms with Gasteiger partial charge in [-0.3, -0.25) is 9.59 Å². The lowest BCUT2D eigenvalue weighted by Gasteiger charge is -2.31. The number of nitrogens with zero attached hydrogens (tertiary/aromatic N) is 1. The molecule has 2 aliphatic rings. The first-order valence-corrected chi connectivity index (χ1v) is 8.96. The number of amides is 2. The van der Waals surface area contributed by atoms with Gasteiger partial charge in [0.1, 0.15) is 5.75 Å². The van der Waals surface area contributed by atoms with Crippen LogP contribution in [0.3, 0.4) is 0 Å². The van der Waals surface area contributed by atoms with Gasteiger partial charge >= 0.3 is 0 Å². The summed E-state index contributed by atoms with van der Waals surface area (Å²) in [5, 5.41) is 3.05. The highest BCUT2D eigenvalue weighted by Gasteiger charge is 2.28. The largest absolute Gasteiger partial charge is 0.497 e. The van der Waals surface area contributed by atoms with Crippen LogP contribution in [-0.2, 0) is 9.53 Å². The van der Waals surface area contributed by atoms with Crippen molar-refractivity contribution in [3.05, 3.63) is 29.8 Å². The number of methoxy groups -OCH3 is 1. The molecule has 1 aromatic carbocycles. The van der Waals surface area contributed by atoms with Gasteiger partial charge < -0.3 is 19.7 Å². The molecule has 0 spiro atoms. The van der Waals surface area contributed by atoms with Gasteiger partial charge in [-0.2, -0.15) is 0 Å². The normalized spacial score (nSPS) is 21.2. The molecule has 0 bridgehead atoms. The van der Waals surface area contributed by atoms with E-state index in [0.29, 0.717) is 31.1 Å². The van der Waals surface area contributed by atoms with Crippen LogP contribution in [0.25, 0.3) is 0 Å². The Labute approximate surface area is 148 Å². The van der Waals surface area contributed by atoms with Crippen molar-refractivity contribution in [1.29, 1.82) is 0 Å². The molecule has 0 saturated carbocycles. The summed E-state index contributed by atoms with van der Waals surface area (Å²) in [5.74, 6) is 1.32. The average Bonchev–Trinajstić information content (AvgIpc) is 3.19. The Morgan fingerprint density at radius 2 is 1.92 bits per heavy atom. The van der Waals surface area contributed by atoms with E-state index in [1.165, 1.54) is 0 Å². The molecule has 3 rings (SSSR count). The fourth-order valence-corrected chi connectivity index (χ4v) is 3.39. The van der Waals surface area contributed by atoms with E-state index in [1.54, 1.807) is 31.4 Å². The third kappa shape index (κ3) is 4.51. The number of ether oxygens (including phenoxy) is 2. The molecule has 136 valence electrons. The molecule has 1 aromatic rings. The number of carbonyl (C=O) groups excluding carboxylic acids is 2. The standard InChI is InChI=1S/C19H26N2O4/c1-24-17-4-2-16(3-5-17)19(23)21-9-6-15(7-10-21)18(22)20-12-14-8-11-25-13-14/h2-5,14-15H,6-13H2,1H3,(H,20,22). The topological polar surface area (TPSA) is 67.9 Å². The summed E-state index contributed by atoms with van der Waals surface area (Å²) < 4.78 is 10.4. The van der Waals surface area contributed by atoms with Crippen molar-refractivity contribution in [2.75, 3.05) is 40.0 Å². The van der Waals surface area contributed by atoms with Crippen LogP contribution in [0.1, 0.15) is 29.6 Å². The van der Waals surface area contributed by atoms with Crippen molar-refractivity contribution in [2.24, 2.45) is 11.8 Å². The number of hydrogen-bond acceptors (Lipinski definition) is 4. The van der Waals surface area contributed by atoms with Gasteiger partial charge in [0.2, 0.25) is 5.91 Å². The molecule has 2 aliphatic heterocycles. The van der Waals surface area contributed by atoms with E-state index >= 15 is 0 Å². The first-order chi connectivity index (χ1) is 12.2. The molecule has 0 radical (unpaired) electrons. The van der Waals surface area contributed by atoms with Crippen LogP contribution in [0.4, 0.5) is 0 Å². The molecule has 0 aliphatic carbocycles. The Balaban J connectivity index is 1.45. The molecule has 0 aromatic heterocycles. The Morgan fingerprint density at radius 1 is 1.20 bits per heavy atom. The summed E-state index contributed by atoms with van der Waals surface area (Å²) in [6.45, 7) is 3.48. The number of carbonyl (C=O) groups is 2. The first-order valence-electron chi connectivity index (χ1n) is 8.96. The van der Waals surface area contributed by atoms with E-state index in [-0.39, 0.29) is 17.7 Å². The fraction of sp³-hybridized carbons (Fsp3) is 0.579. The second kappa shape index (κ2) is 8.34. The number of rotatable bonds is 5. The molecule has 1 atom stereocenters. The smallest absolute Gasteiger partial charge is 0.253 e. The number of hydrogen-bond donors (Lipinski definition) is 1. The van der Waals surface area contributed by atoms with Crippen LogP contribution in [0, 0.1) is 11.8 Å². The van der Waals surface area contributed by atoms with Gasteiger partial charge in [-0.25, -0.2) is 0 Å². The van der Waals surface area contributed by atoms with Crippen molar-refractivity contribution in [1.82, 2.24) is 10.2 Å². The van der Waals surface area contributed by atoms with E-state index < -0.39 is 0 Å². The molecule has 2 amide bonds. The summed E-state index contributed by atoms with van der Waals surface area (Å²) >= 11 is 0. The van der Waals surface area contributed by atoms with Gasteiger partial charge in [0.05, 0.1) is 13.7 Å². The van der Waals surface area contributed by atoms with Crippen LogP contribution in [0.2, 0.25) is 0 Å². The number of nitrogens with one attached hydrogen (secondary N) is 1. The third-order valence-corrected chi connectivity index (χ3v) is 5.08. The quantitative estimate of drug-likeness (QED) is 0.881. The summed E-state index contributed by atoms with van der Waals surface area (Å²) in [7, 11) is 1.60. The molecule has 2 fully saturated rings. The zero-order valence-electron chi connectivity index (χ0n) is 14.7. The summed E-state index contributed by atoms with van der Waals surface area (Å²) in [5.41, 5.74) is 0.657. The van der Waals surface area contributed by atoms with E-state index in [0.717, 1.165) is 38.2 Å². The van der Waals surface area contributed by atoms with E-state index in [4.69, 9.17) is 9.47 Å². The van der Waals surface area contributed by atoms with Crippen LogP contribution in [0.15, 0.2) is 24.3 Å². The molecule has 6 nitrogen and oxygen atoms in total. The molecule has 6 heteroatoms. The van der Waals surface area contributed by atoms with E-state index in [9.17, 15) is 9.59 Å². The summed E-state index contributed by atoms with van der Waals surface area (Å²) in [6.07, 6.45) is 2.46. The third-order valence-electron chi connectivity index (χ3n) is 5.08. The first kappa shape index (κ1) is 17.7. The molecule has 25 heavy (non-hydrogen) atoms. The molecular weight excluding hydrogens is 320 g/mol. The van der Waals surface area contributed by atoms with Crippen LogP contribution in [0.5, 0.6) is 5.75 Å². The van der Waals surface area contributed by atoms with Crippen molar-refractivity contribution < 1.29 is 19.1 Å². The maximum atomic E-state index is 12.5. The van der Waals surface area contributed by atoms with Crippen molar-refractivity contribution in [3.63, 3.8) is 0 Å². The van der Waals surface area contributed by atoms with Crippen molar-refractivity contribution in [2.45, 2.75) is 19.3 Å². The van der Waals surface area contributed by atoms with E-state index in [1.807, 2.05) is 4.90 Å². The summed E-state index contributed by atoms with van der Waals surface area (Å²) in [6, 6.07) is 7.15. The second-order valence-electron chi connectivity index (χ2n) is 6.77. The van der Waals surface area contributed by atoms with Crippen molar-refractivity contribution >= 4 is 11.8 Å². The SMILES string of the molecule is COc1ccc(C(=O)N2CCC(C(=O)NCC3CCOC3)CC2)cc1. The highest BCUT2D eigenvalue weighted by atomic mass is 16.5. The number of benzene rings is 1. The minimum atomic E-state index is 0.00207. The Bertz CT molecular complexity index is 588. The Hall–Kier alpha value is -2.08. The predicted octanol–water partition coefficient (Wildman–Crippen LogP) is 1.70. The van der Waals surface area contributed by atoms with Gasteiger partial charge in [-0.05, 0) is 43.5 Å². The molecule has 1 N–H and O–H groups in total. The van der Waals surface area contributed by atoms with E-state index in [2.05, 4.69) is 5.32 Å². The van der Waals surface area contributed by atoms with Crippen LogP contribution >= 0.6 is 0 Å². The molecule has 1 unspecified atom stereocenters. The maximum Gasteiger partial charge on any atom is 0.253 e. The minimum Gasteiger partial charge on any atom is -0.497 e. The summed E-state index contributed by atoms with van der Waals surface area (Å²) in [4.78, 5) is 26.7. The van der Waals surface area contributed by atoms with Crippen molar-refractivity contribution in [3.8, 4) is 5.75 Å². The van der Waals surface area contributed by atoms with Gasteiger partial charge in [-0.1, -0.05) is 0 Å². The van der Waals surface area contributed by atoms with Crippen LogP contribution < -0.4 is 10.1 Å². The highest BCUT2D eigenvalue weighted by Crippen LogP contribution is 2.21. The molecular formula is C19H26N2O4. The lowest BCUT2D eigenvalue weighted by Crippen LogP contribution is -2.43. The molecule has 2 saturated heterocycles. The lowest BCUT2D eigenvalue weighted by atomic mass is 9.95. The monoisotopic (exact) mass is 346 g/mol. The zero-order valence-corrected chi connectivity index (χ0v) is 14.7. The number of piperidine rings is 1. The zero-order chi connectivity index (χ0) is 17.6. The van der Waals surface area contributed by atoms with Gasteiger partial charge in [-0.15, -0.1) is 0 Å². The Kier molecular flexibility index (Phi) is 5.91. The molecule has 2 heterocycles. The van der Waals surface area contributed by atoms with Crippen LogP contribution in [-0.4, -0.2) is 56.7 Å². The van der Waals surface area contributed by atoms with Gasteiger partial charge in [0.25, 0.3) is 5.91 Å². The maximum absolute atomic E-state index is 12.5. The average molecular weight is 346 g/mol. The predicted molar refractivity (Wildman–Crippen MR) is 93.6 cm³/mol. The fourth-order valence-electron chi connectivity index (χ4n) is 3.39. The van der Waals surface area contributed by atoms with Gasteiger partial charge in [0, 0.05) is 43.6 Å². The van der Waals surface area contributed by atoms with Gasteiger partial charge in [0.15, 0.2) is 0 Å². The Morgan fingerprint density at radius 3 is 2.52 bits per heavy atom. The highest BCUT2D eigenvalue weighted by molar-refractivity contribution is 5.94. The lowest BCUT2D eigenvalue weighted by molar-refractivity contribution is -0.126.